The first-order chi connectivity index (χ1) is 11.3. The number of hydrogen-bond acceptors (Lipinski definition) is 5. The van der Waals surface area contributed by atoms with Gasteiger partial charge in [-0.25, -0.2) is 0 Å². The van der Waals surface area contributed by atoms with Gasteiger partial charge in [0.25, 0.3) is 0 Å². The molecule has 0 aromatic carbocycles. The summed E-state index contributed by atoms with van der Waals surface area (Å²) < 4.78 is 5.51. The molecule has 6 unspecified atom stereocenters. The Morgan fingerprint density at radius 1 is 1.25 bits per heavy atom. The topological polar surface area (TPSA) is 73.8 Å². The summed E-state index contributed by atoms with van der Waals surface area (Å²) in [7, 11) is 1.71. The lowest BCUT2D eigenvalue weighted by atomic mass is 9.59. The molecule has 0 spiro atoms. The largest absolute Gasteiger partial charge is 0.480 e. The van der Waals surface area contributed by atoms with E-state index in [9.17, 15) is 9.90 Å². The number of ether oxygens (including phenoxy) is 1. The molecule has 0 aromatic rings. The molecule has 3 aliphatic rings. The fraction of sp³-hybridized carbons (Fsp3) is 0.944. The van der Waals surface area contributed by atoms with Crippen LogP contribution in [0.25, 0.3) is 0 Å². The molecular weight excluding hydrogens is 306 g/mol. The second kappa shape index (κ2) is 6.90. The molecule has 1 saturated carbocycles. The molecule has 2 saturated heterocycles. The van der Waals surface area contributed by atoms with E-state index in [4.69, 9.17) is 4.74 Å². The zero-order valence-corrected chi connectivity index (χ0v) is 15.4. The molecule has 6 atom stereocenters. The van der Waals surface area contributed by atoms with Gasteiger partial charge in [0.1, 0.15) is 18.6 Å². The van der Waals surface area contributed by atoms with Gasteiger partial charge in [0.2, 0.25) is 0 Å². The first-order valence-corrected chi connectivity index (χ1v) is 9.38. The van der Waals surface area contributed by atoms with Crippen molar-refractivity contribution in [3.05, 3.63) is 0 Å². The van der Waals surface area contributed by atoms with Gasteiger partial charge >= 0.3 is 5.97 Å². The molecule has 3 rings (SSSR count). The van der Waals surface area contributed by atoms with Gasteiger partial charge in [-0.15, -0.1) is 0 Å². The van der Waals surface area contributed by atoms with Gasteiger partial charge in [0.15, 0.2) is 0 Å². The summed E-state index contributed by atoms with van der Waals surface area (Å²) in [5.74, 6) is 0.383. The Balaban J connectivity index is 1.88. The lowest BCUT2D eigenvalue weighted by Gasteiger charge is -2.57. The third-order valence-electron chi connectivity index (χ3n) is 6.55. The van der Waals surface area contributed by atoms with E-state index in [1.807, 2.05) is 0 Å². The predicted molar refractivity (Wildman–Crippen MR) is 92.3 cm³/mol. The number of fused-ring (bicyclic) bond motifs is 1. The summed E-state index contributed by atoms with van der Waals surface area (Å²) in [5, 5.41) is 17.0. The number of carboxylic acids is 1. The summed E-state index contributed by atoms with van der Waals surface area (Å²) in [4.78, 5) is 14.4. The molecule has 0 aromatic heterocycles. The summed E-state index contributed by atoms with van der Waals surface area (Å²) in [6.45, 7) is 7.29. The highest BCUT2D eigenvalue weighted by atomic mass is 16.5. The van der Waals surface area contributed by atoms with Gasteiger partial charge in [-0.05, 0) is 37.0 Å². The second-order valence-electron chi connectivity index (χ2n) is 8.51. The van der Waals surface area contributed by atoms with Crippen LogP contribution in [0.5, 0.6) is 0 Å². The maximum Gasteiger partial charge on any atom is 0.321 e. The smallest absolute Gasteiger partial charge is 0.321 e. The number of likely N-dealkylation sites (tertiary alicyclic amines) is 1. The van der Waals surface area contributed by atoms with E-state index >= 15 is 0 Å². The van der Waals surface area contributed by atoms with Gasteiger partial charge in [0, 0.05) is 26.1 Å². The van der Waals surface area contributed by atoms with Crippen molar-refractivity contribution in [2.45, 2.75) is 77.5 Å². The monoisotopic (exact) mass is 339 g/mol. The van der Waals surface area contributed by atoms with Crippen molar-refractivity contribution in [3.63, 3.8) is 0 Å². The number of hydrogen-bond donors (Lipinski definition) is 3. The molecule has 138 valence electrons. The molecule has 3 fully saturated rings. The van der Waals surface area contributed by atoms with Crippen LogP contribution in [0.4, 0.5) is 0 Å². The molecule has 0 bridgehead atoms. The average molecular weight is 339 g/mol. The highest BCUT2D eigenvalue weighted by Gasteiger charge is 2.54. The Hall–Kier alpha value is -0.690. The Labute approximate surface area is 145 Å². The highest BCUT2D eigenvalue weighted by Crippen LogP contribution is 2.49. The number of aliphatic carboxylic acids is 1. The van der Waals surface area contributed by atoms with E-state index in [1.165, 1.54) is 19.3 Å². The molecule has 24 heavy (non-hydrogen) atoms. The number of carboxylic acid groups (broad SMARTS) is 1. The molecule has 2 aliphatic heterocycles. The van der Waals surface area contributed by atoms with Gasteiger partial charge < -0.3 is 9.84 Å². The van der Waals surface area contributed by atoms with Crippen LogP contribution in [0.15, 0.2) is 0 Å². The lowest BCUT2D eigenvalue weighted by molar-refractivity contribution is -0.169. The fourth-order valence-electron chi connectivity index (χ4n) is 5.43. The fourth-order valence-corrected chi connectivity index (χ4v) is 5.43. The first kappa shape index (κ1) is 18.1. The van der Waals surface area contributed by atoms with E-state index in [2.05, 4.69) is 36.3 Å². The molecule has 1 aliphatic carbocycles. The van der Waals surface area contributed by atoms with E-state index in [0.717, 1.165) is 19.4 Å². The van der Waals surface area contributed by atoms with Gasteiger partial charge in [-0.1, -0.05) is 26.7 Å². The third kappa shape index (κ3) is 3.21. The van der Waals surface area contributed by atoms with Crippen molar-refractivity contribution in [2.75, 3.05) is 13.7 Å². The number of rotatable bonds is 3. The van der Waals surface area contributed by atoms with Crippen LogP contribution >= 0.6 is 0 Å². The zero-order chi connectivity index (χ0) is 17.5. The predicted octanol–water partition coefficient (Wildman–Crippen LogP) is 1.82. The number of nitrogens with zero attached hydrogens (tertiary/aromatic N) is 1. The molecule has 0 radical (unpaired) electrons. The normalized spacial score (nSPS) is 43.2. The minimum Gasteiger partial charge on any atom is -0.480 e. The molecular formula is C18H33N3O3. The van der Waals surface area contributed by atoms with Gasteiger partial charge in [-0.2, -0.15) is 0 Å². The Morgan fingerprint density at radius 2 is 1.96 bits per heavy atom. The van der Waals surface area contributed by atoms with Crippen molar-refractivity contribution in [2.24, 2.45) is 17.3 Å². The van der Waals surface area contributed by atoms with E-state index < -0.39 is 12.0 Å². The summed E-state index contributed by atoms with van der Waals surface area (Å²) >= 11 is 0. The maximum atomic E-state index is 12.2. The third-order valence-corrected chi connectivity index (χ3v) is 6.55. The zero-order valence-electron chi connectivity index (χ0n) is 15.4. The van der Waals surface area contributed by atoms with Crippen LogP contribution in [-0.4, -0.2) is 54.2 Å². The second-order valence-corrected chi connectivity index (χ2v) is 8.51. The molecule has 3 N–H and O–H groups in total. The highest BCUT2D eigenvalue weighted by molar-refractivity contribution is 5.75. The Bertz CT molecular complexity index is 470. The van der Waals surface area contributed by atoms with E-state index in [-0.39, 0.29) is 17.9 Å². The van der Waals surface area contributed by atoms with Crippen LogP contribution < -0.4 is 10.6 Å². The maximum absolute atomic E-state index is 12.2. The summed E-state index contributed by atoms with van der Waals surface area (Å²) in [5.41, 5.74) is -0.234. The molecule has 6 nitrogen and oxygen atoms in total. The number of carbonyl (C=O) groups is 1. The molecule has 2 heterocycles. The van der Waals surface area contributed by atoms with Gasteiger partial charge in [-0.3, -0.25) is 20.3 Å². The summed E-state index contributed by atoms with van der Waals surface area (Å²) in [6, 6.07) is -0.188. The van der Waals surface area contributed by atoms with Crippen LogP contribution in [0.1, 0.15) is 52.9 Å². The lowest BCUT2D eigenvalue weighted by Crippen LogP contribution is -2.73. The Kier molecular flexibility index (Phi) is 5.21. The minimum atomic E-state index is -0.709. The van der Waals surface area contributed by atoms with Crippen LogP contribution in [0.3, 0.4) is 0 Å². The standard InChI is InChI=1S/C18H33N3O3/c1-11-9-14(24-4)20-17(19-11)21-10-12-7-5-6-8-13(12)18(2,3)15(21)16(22)23/h11-15,17,19-20H,5-10H2,1-4H3,(H,22,23). The number of methoxy groups -OCH3 is 1. The minimum absolute atomic E-state index is 0.0344. The van der Waals surface area contributed by atoms with Crippen LogP contribution in [0, 0.1) is 17.3 Å². The number of nitrogens with one attached hydrogen (secondary N) is 2. The van der Waals surface area contributed by atoms with Crippen molar-refractivity contribution in [1.29, 1.82) is 0 Å². The van der Waals surface area contributed by atoms with Crippen molar-refractivity contribution < 1.29 is 14.6 Å². The molecule has 6 heteroatoms. The SMILES string of the molecule is COC1CC(C)NC(N2CC3CCCCC3C(C)(C)C2C(=O)O)N1. The first-order valence-electron chi connectivity index (χ1n) is 9.38. The Morgan fingerprint density at radius 3 is 2.62 bits per heavy atom. The van der Waals surface area contributed by atoms with E-state index in [1.54, 1.807) is 7.11 Å². The van der Waals surface area contributed by atoms with Crippen molar-refractivity contribution in [1.82, 2.24) is 15.5 Å². The molecule has 0 amide bonds. The van der Waals surface area contributed by atoms with E-state index in [0.29, 0.717) is 17.9 Å². The van der Waals surface area contributed by atoms with Crippen LogP contribution in [0.2, 0.25) is 0 Å². The number of piperidine rings is 1. The quantitative estimate of drug-likeness (QED) is 0.728. The van der Waals surface area contributed by atoms with Crippen molar-refractivity contribution >= 4 is 5.97 Å². The summed E-state index contributed by atoms with van der Waals surface area (Å²) in [6.07, 6.45) is 5.58. The van der Waals surface area contributed by atoms with Crippen molar-refractivity contribution in [3.8, 4) is 0 Å². The van der Waals surface area contributed by atoms with Crippen LogP contribution in [-0.2, 0) is 9.53 Å². The van der Waals surface area contributed by atoms with Gasteiger partial charge in [0.05, 0.1) is 0 Å². The average Bonchev–Trinajstić information content (AvgIpc) is 2.53.